The van der Waals surface area contributed by atoms with E-state index in [0.29, 0.717) is 0 Å². The molecule has 0 heterocycles. The van der Waals surface area contributed by atoms with Gasteiger partial charge >= 0.3 is 69.3 Å². The van der Waals surface area contributed by atoms with Crippen LogP contribution >= 0.6 is 0 Å². The number of rotatable bonds is 5. The number of aliphatic hydroxyl groups is 1. The van der Waals surface area contributed by atoms with E-state index in [0.717, 1.165) is 0 Å². The number of carboxylic acid groups (broad SMARTS) is 3. The molecular weight excluding hydrogens is 271 g/mol. The van der Waals surface area contributed by atoms with Gasteiger partial charge in [-0.2, -0.15) is 0 Å². The van der Waals surface area contributed by atoms with Gasteiger partial charge in [-0.15, -0.1) is 0 Å². The smallest absolute Gasteiger partial charge is 0 e. The molecule has 0 unspecified atom stereocenters. The normalized spacial score (nSPS) is 9.40. The molecule has 0 saturated heterocycles. The van der Waals surface area contributed by atoms with Crippen LogP contribution in [0, 0.1) is 0 Å². The van der Waals surface area contributed by atoms with Crippen LogP contribution in [0.2, 0.25) is 0 Å². The van der Waals surface area contributed by atoms with Gasteiger partial charge in [0.2, 0.25) is 0 Å². The van der Waals surface area contributed by atoms with Crippen LogP contribution in [0.4, 0.5) is 0 Å². The fourth-order valence-corrected chi connectivity index (χ4v) is 0.714. The van der Waals surface area contributed by atoms with E-state index < -0.39 is 36.4 Å². The summed E-state index contributed by atoms with van der Waals surface area (Å²) in [5.41, 5.74) is -2.74. The molecule has 0 aliphatic rings. The molecule has 80 valence electrons. The average Bonchev–Trinajstić information content (AvgIpc) is 1.82. The van der Waals surface area contributed by atoms with Crippen LogP contribution in [0.3, 0.4) is 0 Å². The Labute approximate surface area is 142 Å². The molecule has 0 rings (SSSR count). The SMILES string of the molecule is O=C(O)CC(O)(CC(=O)O)C(=O)O.[KH].[Ti]. The van der Waals surface area contributed by atoms with Crippen molar-refractivity contribution in [1.82, 2.24) is 0 Å². The summed E-state index contributed by atoms with van der Waals surface area (Å²) < 4.78 is 0. The van der Waals surface area contributed by atoms with Crippen molar-refractivity contribution in [2.45, 2.75) is 18.4 Å². The van der Waals surface area contributed by atoms with Gasteiger partial charge in [-0.1, -0.05) is 0 Å². The van der Waals surface area contributed by atoms with Crippen LogP contribution in [0.15, 0.2) is 0 Å². The largest absolute Gasteiger partial charge is 0 e. The number of carboxylic acids is 3. The number of carbonyl (C=O) groups is 3. The summed E-state index contributed by atoms with van der Waals surface area (Å²) in [4.78, 5) is 30.5. The second kappa shape index (κ2) is 8.83. The zero-order valence-electron chi connectivity index (χ0n) is 6.93. The van der Waals surface area contributed by atoms with Crippen molar-refractivity contribution >= 4 is 69.3 Å². The summed E-state index contributed by atoms with van der Waals surface area (Å²) in [6.45, 7) is 0. The minimum absolute atomic E-state index is 0. The summed E-state index contributed by atoms with van der Waals surface area (Å²) >= 11 is 0. The van der Waals surface area contributed by atoms with Gasteiger partial charge in [-0.05, 0) is 0 Å². The van der Waals surface area contributed by atoms with Gasteiger partial charge in [-0.25, -0.2) is 4.79 Å². The third-order valence-electron chi connectivity index (χ3n) is 1.29. The number of hydrogen-bond donors (Lipinski definition) is 4. The fraction of sp³-hybridized carbons (Fsp3) is 0.500. The zero-order valence-corrected chi connectivity index (χ0v) is 8.49. The number of hydrogen-bond acceptors (Lipinski definition) is 4. The third-order valence-corrected chi connectivity index (χ3v) is 1.29. The summed E-state index contributed by atoms with van der Waals surface area (Å²) in [7, 11) is 0. The molecular formula is C6H9KO7Ti. The van der Waals surface area contributed by atoms with E-state index in [2.05, 4.69) is 0 Å². The van der Waals surface area contributed by atoms with Crippen LogP contribution in [0.5, 0.6) is 0 Å². The van der Waals surface area contributed by atoms with Crippen molar-refractivity contribution in [3.63, 3.8) is 0 Å². The first kappa shape index (κ1) is 21.1. The maximum Gasteiger partial charge on any atom is 0 e. The predicted molar refractivity (Wildman–Crippen MR) is 44.2 cm³/mol. The summed E-state index contributed by atoms with van der Waals surface area (Å²) in [6, 6.07) is 0. The Kier molecular flexibility index (Phi) is 12.4. The summed E-state index contributed by atoms with van der Waals surface area (Å²) in [5, 5.41) is 33.8. The standard InChI is InChI=1S/C6H8O7.K.Ti.H/c7-3(8)1-6(13,5(11)12)2-4(9)10;;;/h13H,1-2H2,(H,7,8)(H,9,10)(H,11,12);;;. The van der Waals surface area contributed by atoms with Crippen LogP contribution < -0.4 is 0 Å². The fourth-order valence-electron chi connectivity index (χ4n) is 0.714. The molecule has 0 bridgehead atoms. The third kappa shape index (κ3) is 8.52. The van der Waals surface area contributed by atoms with E-state index in [9.17, 15) is 14.4 Å². The Balaban J connectivity index is -0.000000720. The topological polar surface area (TPSA) is 132 Å². The van der Waals surface area contributed by atoms with Crippen molar-refractivity contribution in [1.29, 1.82) is 0 Å². The van der Waals surface area contributed by atoms with Gasteiger partial charge < -0.3 is 20.4 Å². The van der Waals surface area contributed by atoms with E-state index >= 15 is 0 Å². The maximum atomic E-state index is 10.3. The first-order valence-electron chi connectivity index (χ1n) is 3.17. The average molecular weight is 280 g/mol. The van der Waals surface area contributed by atoms with Crippen molar-refractivity contribution in [2.75, 3.05) is 0 Å². The van der Waals surface area contributed by atoms with Gasteiger partial charge in [0.05, 0.1) is 12.8 Å². The van der Waals surface area contributed by atoms with E-state index in [4.69, 9.17) is 20.4 Å². The zero-order chi connectivity index (χ0) is 10.6. The molecule has 4 N–H and O–H groups in total. The molecule has 0 radical (unpaired) electrons. The first-order valence-corrected chi connectivity index (χ1v) is 3.17. The predicted octanol–water partition coefficient (Wildman–Crippen LogP) is -1.90. The van der Waals surface area contributed by atoms with Gasteiger partial charge in [0, 0.05) is 21.7 Å². The van der Waals surface area contributed by atoms with Crippen LogP contribution in [0.1, 0.15) is 12.8 Å². The van der Waals surface area contributed by atoms with E-state index in [1.54, 1.807) is 0 Å². The van der Waals surface area contributed by atoms with Gasteiger partial charge in [0.15, 0.2) is 5.60 Å². The van der Waals surface area contributed by atoms with E-state index in [1.807, 2.05) is 0 Å². The van der Waals surface area contributed by atoms with Crippen molar-refractivity contribution < 1.29 is 56.5 Å². The van der Waals surface area contributed by atoms with E-state index in [1.165, 1.54) is 0 Å². The van der Waals surface area contributed by atoms with Crippen LogP contribution in [0.25, 0.3) is 0 Å². The molecule has 0 aromatic rings. The molecule has 0 aliphatic heterocycles. The molecule has 0 fully saturated rings. The molecule has 7 nitrogen and oxygen atoms in total. The Hall–Kier alpha value is 0.721. The Morgan fingerprint density at radius 1 is 0.933 bits per heavy atom. The quantitative estimate of drug-likeness (QED) is 0.432. The molecule has 0 amide bonds. The molecule has 0 atom stereocenters. The monoisotopic (exact) mass is 280 g/mol. The van der Waals surface area contributed by atoms with Gasteiger partial charge in [-0.3, -0.25) is 9.59 Å². The Bertz CT molecular complexity index is 238. The Morgan fingerprint density at radius 2 is 1.20 bits per heavy atom. The maximum absolute atomic E-state index is 10.3. The van der Waals surface area contributed by atoms with Crippen molar-refractivity contribution in [2.24, 2.45) is 0 Å². The molecule has 0 aromatic carbocycles. The second-order valence-electron chi connectivity index (χ2n) is 2.48. The summed E-state index contributed by atoms with van der Waals surface area (Å²) in [6.07, 6.45) is -2.29. The number of aliphatic carboxylic acids is 3. The van der Waals surface area contributed by atoms with Crippen molar-refractivity contribution in [3.05, 3.63) is 0 Å². The Morgan fingerprint density at radius 3 is 1.33 bits per heavy atom. The summed E-state index contributed by atoms with van der Waals surface area (Å²) in [5.74, 6) is -5.02. The van der Waals surface area contributed by atoms with Crippen molar-refractivity contribution in [3.8, 4) is 0 Å². The first-order chi connectivity index (χ1) is 5.78. The van der Waals surface area contributed by atoms with Gasteiger partial charge in [0.1, 0.15) is 0 Å². The van der Waals surface area contributed by atoms with Crippen LogP contribution in [-0.2, 0) is 36.1 Å². The molecule has 9 heteroatoms. The molecule has 0 aliphatic carbocycles. The second-order valence-corrected chi connectivity index (χ2v) is 2.48. The van der Waals surface area contributed by atoms with Crippen LogP contribution in [-0.4, -0.2) is 95.3 Å². The van der Waals surface area contributed by atoms with Gasteiger partial charge in [0.25, 0.3) is 0 Å². The molecule has 0 spiro atoms. The minimum atomic E-state index is -2.74. The minimum Gasteiger partial charge on any atom is 0 e. The van der Waals surface area contributed by atoms with E-state index in [-0.39, 0.29) is 73.1 Å². The molecule has 15 heavy (non-hydrogen) atoms. The molecule has 0 saturated carbocycles. The molecule has 0 aromatic heterocycles.